The van der Waals surface area contributed by atoms with Crippen LogP contribution >= 0.6 is 0 Å². The second kappa shape index (κ2) is 7.40. The molecule has 0 aliphatic heterocycles. The maximum Gasteiger partial charge on any atom is 0.0755 e. The van der Waals surface area contributed by atoms with Crippen LogP contribution in [0.1, 0.15) is 57.9 Å². The van der Waals surface area contributed by atoms with Gasteiger partial charge >= 0.3 is 0 Å². The summed E-state index contributed by atoms with van der Waals surface area (Å²) in [6.45, 7) is 4.39. The van der Waals surface area contributed by atoms with E-state index in [2.05, 4.69) is 24.5 Å². The highest BCUT2D eigenvalue weighted by atomic mass is 32.2. The van der Waals surface area contributed by atoms with Gasteiger partial charge in [0.1, 0.15) is 0 Å². The molecule has 1 unspecified atom stereocenters. The van der Waals surface area contributed by atoms with Gasteiger partial charge in [0, 0.05) is 34.5 Å². The maximum atomic E-state index is 12.8. The van der Waals surface area contributed by atoms with Gasteiger partial charge in [-0.25, -0.2) is 8.99 Å². The molecule has 0 heterocycles. The molecule has 0 radical (unpaired) electrons. The molecular weight excluding hydrogens is 330 g/mol. The van der Waals surface area contributed by atoms with E-state index in [1.54, 1.807) is 0 Å². The molecule has 2 fully saturated rings. The third-order valence-electron chi connectivity index (χ3n) is 5.50. The summed E-state index contributed by atoms with van der Waals surface area (Å²) in [5, 5.41) is 6.85. The SMILES string of the molecule is CN/C=C(\C)c1cc(S(=N)(=O)C2CC2)ccc1NC1CCC(C)CC1. The zero-order chi connectivity index (χ0) is 18.0. The van der Waals surface area contributed by atoms with E-state index in [0.29, 0.717) is 10.9 Å². The molecule has 0 aromatic heterocycles. The number of anilines is 1. The van der Waals surface area contributed by atoms with Crippen molar-refractivity contribution in [3.05, 3.63) is 30.0 Å². The molecule has 1 aromatic carbocycles. The molecule has 0 amide bonds. The summed E-state index contributed by atoms with van der Waals surface area (Å²) in [5.41, 5.74) is 3.26. The topological polar surface area (TPSA) is 65.0 Å². The number of hydrogen-bond acceptors (Lipinski definition) is 4. The monoisotopic (exact) mass is 361 g/mol. The molecule has 0 spiro atoms. The number of hydrogen-bond donors (Lipinski definition) is 3. The molecule has 0 saturated heterocycles. The van der Waals surface area contributed by atoms with Crippen LogP contribution in [0.25, 0.3) is 5.57 Å². The Morgan fingerprint density at radius 1 is 1.20 bits per heavy atom. The summed E-state index contributed by atoms with van der Waals surface area (Å²) in [6.07, 6.45) is 8.77. The molecule has 25 heavy (non-hydrogen) atoms. The van der Waals surface area contributed by atoms with Crippen LogP contribution in [0.15, 0.2) is 29.3 Å². The molecule has 0 bridgehead atoms. The molecule has 2 aliphatic rings. The van der Waals surface area contributed by atoms with Gasteiger partial charge in [0.25, 0.3) is 0 Å². The standard InChI is InChI=1S/C20H31N3OS/c1-14-4-6-16(7-5-14)23-20-11-10-18(25(21,24)17-8-9-17)12-19(20)15(2)13-22-3/h10-14,16-17,21-23H,4-9H2,1-3H3/b15-13+. The number of benzene rings is 1. The normalized spacial score (nSPS) is 26.8. The number of rotatable bonds is 6. The highest BCUT2D eigenvalue weighted by Gasteiger charge is 2.34. The first-order valence-electron chi connectivity index (χ1n) is 9.44. The summed E-state index contributed by atoms with van der Waals surface area (Å²) in [6, 6.07) is 6.42. The Bertz CT molecular complexity index is 742. The second-order valence-electron chi connectivity index (χ2n) is 7.72. The van der Waals surface area contributed by atoms with Crippen molar-refractivity contribution in [1.82, 2.24) is 5.32 Å². The highest BCUT2D eigenvalue weighted by Crippen LogP contribution is 2.37. The predicted molar refractivity (Wildman–Crippen MR) is 106 cm³/mol. The van der Waals surface area contributed by atoms with E-state index >= 15 is 0 Å². The van der Waals surface area contributed by atoms with Crippen LogP contribution in [-0.4, -0.2) is 22.5 Å². The van der Waals surface area contributed by atoms with Crippen molar-refractivity contribution in [3.63, 3.8) is 0 Å². The quantitative estimate of drug-likeness (QED) is 0.680. The lowest BCUT2D eigenvalue weighted by Gasteiger charge is -2.29. The summed E-state index contributed by atoms with van der Waals surface area (Å²) in [4.78, 5) is 0.677. The molecule has 2 saturated carbocycles. The van der Waals surface area contributed by atoms with Crippen LogP contribution < -0.4 is 10.6 Å². The average molecular weight is 362 g/mol. The third-order valence-corrected chi connectivity index (χ3v) is 7.86. The van der Waals surface area contributed by atoms with E-state index in [1.165, 1.54) is 25.7 Å². The zero-order valence-electron chi connectivity index (χ0n) is 15.6. The van der Waals surface area contributed by atoms with Gasteiger partial charge in [0.2, 0.25) is 0 Å². The van der Waals surface area contributed by atoms with Gasteiger partial charge in [-0.2, -0.15) is 0 Å². The van der Waals surface area contributed by atoms with Crippen molar-refractivity contribution in [2.24, 2.45) is 5.92 Å². The Morgan fingerprint density at radius 3 is 2.48 bits per heavy atom. The Hall–Kier alpha value is -1.49. The smallest absolute Gasteiger partial charge is 0.0755 e. The average Bonchev–Trinajstić information content (AvgIpc) is 3.43. The van der Waals surface area contributed by atoms with Gasteiger partial charge in [0.05, 0.1) is 9.73 Å². The minimum absolute atomic E-state index is 0.0487. The first kappa shape index (κ1) is 18.3. The van der Waals surface area contributed by atoms with Crippen LogP contribution in [0, 0.1) is 10.7 Å². The zero-order valence-corrected chi connectivity index (χ0v) is 16.4. The van der Waals surface area contributed by atoms with Crippen LogP contribution in [0.3, 0.4) is 0 Å². The van der Waals surface area contributed by atoms with Crippen LogP contribution in [0.4, 0.5) is 5.69 Å². The molecule has 1 aromatic rings. The van der Waals surface area contributed by atoms with Gasteiger partial charge in [-0.05, 0) is 81.3 Å². The molecule has 2 aliphatic carbocycles. The maximum absolute atomic E-state index is 12.8. The number of nitrogens with one attached hydrogen (secondary N) is 3. The fourth-order valence-electron chi connectivity index (χ4n) is 3.68. The molecular formula is C20H31N3OS. The Kier molecular flexibility index (Phi) is 5.42. The van der Waals surface area contributed by atoms with Crippen LogP contribution in [-0.2, 0) is 9.73 Å². The van der Waals surface area contributed by atoms with Crippen LogP contribution in [0.2, 0.25) is 0 Å². The molecule has 4 nitrogen and oxygen atoms in total. The Labute approximate surface area is 152 Å². The minimum Gasteiger partial charge on any atom is -0.394 e. The van der Waals surface area contributed by atoms with E-state index in [4.69, 9.17) is 4.78 Å². The Balaban J connectivity index is 1.90. The third kappa shape index (κ3) is 4.20. The van der Waals surface area contributed by atoms with Crippen LogP contribution in [0.5, 0.6) is 0 Å². The van der Waals surface area contributed by atoms with Crippen molar-refractivity contribution in [1.29, 1.82) is 4.78 Å². The summed E-state index contributed by atoms with van der Waals surface area (Å²) in [5.74, 6) is 0.831. The fourth-order valence-corrected chi connectivity index (χ4v) is 5.42. The van der Waals surface area contributed by atoms with Gasteiger partial charge in [-0.3, -0.25) is 0 Å². The van der Waals surface area contributed by atoms with Crippen molar-refractivity contribution >= 4 is 21.0 Å². The van der Waals surface area contributed by atoms with E-state index in [9.17, 15) is 4.21 Å². The lowest BCUT2D eigenvalue weighted by Crippen LogP contribution is -2.25. The first-order chi connectivity index (χ1) is 11.9. The molecule has 3 N–H and O–H groups in total. The van der Waals surface area contributed by atoms with Gasteiger partial charge in [0.15, 0.2) is 0 Å². The predicted octanol–water partition coefficient (Wildman–Crippen LogP) is 4.83. The van der Waals surface area contributed by atoms with E-state index in [-0.39, 0.29) is 5.25 Å². The second-order valence-corrected chi connectivity index (χ2v) is 10.1. The molecule has 3 rings (SSSR count). The van der Waals surface area contributed by atoms with E-state index in [1.807, 2.05) is 31.4 Å². The number of allylic oxidation sites excluding steroid dienone is 1. The van der Waals surface area contributed by atoms with Crippen molar-refractivity contribution in [2.75, 3.05) is 12.4 Å². The Morgan fingerprint density at radius 2 is 1.88 bits per heavy atom. The van der Waals surface area contributed by atoms with Gasteiger partial charge in [-0.15, -0.1) is 0 Å². The van der Waals surface area contributed by atoms with E-state index in [0.717, 1.165) is 35.6 Å². The molecule has 1 atom stereocenters. The van der Waals surface area contributed by atoms with Gasteiger partial charge < -0.3 is 10.6 Å². The molecule has 5 heteroatoms. The summed E-state index contributed by atoms with van der Waals surface area (Å²) in [7, 11) is -0.780. The largest absolute Gasteiger partial charge is 0.394 e. The lowest BCUT2D eigenvalue weighted by atomic mass is 9.87. The van der Waals surface area contributed by atoms with Crippen molar-refractivity contribution in [3.8, 4) is 0 Å². The van der Waals surface area contributed by atoms with Crippen molar-refractivity contribution < 1.29 is 4.21 Å². The fraction of sp³-hybridized carbons (Fsp3) is 0.600. The highest BCUT2D eigenvalue weighted by molar-refractivity contribution is 7.93. The summed E-state index contributed by atoms with van der Waals surface area (Å²) < 4.78 is 21.2. The molecule has 138 valence electrons. The lowest BCUT2D eigenvalue weighted by molar-refractivity contribution is 0.361. The van der Waals surface area contributed by atoms with Crippen molar-refractivity contribution in [2.45, 2.75) is 68.6 Å². The minimum atomic E-state index is -2.67. The first-order valence-corrected chi connectivity index (χ1v) is 11.1. The van der Waals surface area contributed by atoms with Gasteiger partial charge in [-0.1, -0.05) is 6.92 Å². The van der Waals surface area contributed by atoms with E-state index < -0.39 is 9.73 Å². The summed E-state index contributed by atoms with van der Waals surface area (Å²) >= 11 is 0.